The number of phosphoric ester groups is 3. The van der Waals surface area contributed by atoms with Crippen LogP contribution in [0.3, 0.4) is 0 Å². The molecule has 11 N–H and O–H groups in total. The smallest absolute Gasteiger partial charge is 0.478 e. The van der Waals surface area contributed by atoms with Crippen LogP contribution in [0.5, 0.6) is 0 Å². The molecule has 1 aliphatic rings. The second-order valence-electron chi connectivity index (χ2n) is 11.9. The van der Waals surface area contributed by atoms with Crippen molar-refractivity contribution in [1.82, 2.24) is 30.2 Å². The summed E-state index contributed by atoms with van der Waals surface area (Å²) in [5, 5.41) is 34.0. The Hall–Kier alpha value is -2.90. The van der Waals surface area contributed by atoms with Gasteiger partial charge in [0.1, 0.15) is 36.3 Å². The van der Waals surface area contributed by atoms with Gasteiger partial charge in [-0.1, -0.05) is 20.4 Å². The molecule has 0 aromatic carbocycles. The summed E-state index contributed by atoms with van der Waals surface area (Å²) in [5.74, 6) is -1.88. The largest absolute Gasteiger partial charge is 0.481 e. The highest BCUT2D eigenvalue weighted by Crippen LogP contribution is 2.61. The molecule has 2 aromatic heterocycles. The van der Waals surface area contributed by atoms with E-state index in [1.54, 1.807) is 0 Å². The number of nitrogens with zero attached hydrogens (tertiary/aromatic N) is 4. The van der Waals surface area contributed by atoms with Crippen molar-refractivity contribution in [3.05, 3.63) is 24.8 Å². The van der Waals surface area contributed by atoms with Crippen molar-refractivity contribution in [3.8, 4) is 0 Å². The number of nitrogens with two attached hydrogens (primary N) is 1. The van der Waals surface area contributed by atoms with Gasteiger partial charge in [-0.15, -0.1) is 0 Å². The van der Waals surface area contributed by atoms with Gasteiger partial charge in [0.25, 0.3) is 0 Å². The molecule has 2 amide bonds. The number of aromatic nitrogens is 4. The molecule has 1 saturated heterocycles. The summed E-state index contributed by atoms with van der Waals surface area (Å²) in [5.41, 5.74) is 4.47. The van der Waals surface area contributed by atoms with E-state index in [9.17, 15) is 57.9 Å². The highest BCUT2D eigenvalue weighted by Gasteiger charge is 2.50. The van der Waals surface area contributed by atoms with Gasteiger partial charge in [-0.05, 0) is 6.92 Å². The lowest BCUT2D eigenvalue weighted by molar-refractivity contribution is -0.137. The second-order valence-corrected chi connectivity index (χ2v) is 16.6. The summed E-state index contributed by atoms with van der Waals surface area (Å²) >= 11 is 3.95. The zero-order valence-corrected chi connectivity index (χ0v) is 32.3. The first-order valence-electron chi connectivity index (χ1n) is 15.2. The number of phosphoric acid groups is 3. The van der Waals surface area contributed by atoms with Crippen molar-refractivity contribution in [1.29, 1.82) is 0 Å². The minimum Gasteiger partial charge on any atom is -0.478 e. The summed E-state index contributed by atoms with van der Waals surface area (Å²) < 4.78 is 61.7. The molecule has 0 saturated carbocycles. The summed E-state index contributed by atoms with van der Waals surface area (Å²) in [6.45, 7) is 5.33. The van der Waals surface area contributed by atoms with Crippen molar-refractivity contribution >= 4 is 70.9 Å². The molecule has 1 aliphatic heterocycles. The maximum absolute atomic E-state index is 12.6. The van der Waals surface area contributed by atoms with Crippen LogP contribution in [0.2, 0.25) is 0 Å². The Morgan fingerprint density at radius 2 is 1.70 bits per heavy atom. The van der Waals surface area contributed by atoms with Gasteiger partial charge in [0, 0.05) is 36.3 Å². The van der Waals surface area contributed by atoms with E-state index in [2.05, 4.69) is 53.6 Å². The number of hydrogen-bond donors (Lipinski definition) is 11. The average molecular weight is 854 g/mol. The Morgan fingerprint density at radius 1 is 1.09 bits per heavy atom. The summed E-state index contributed by atoms with van der Waals surface area (Å²) in [4.78, 5) is 84.2. The highest BCUT2D eigenvalue weighted by atomic mass is 32.1. The molecule has 3 rings (SSSR count). The predicted molar refractivity (Wildman–Crippen MR) is 186 cm³/mol. The van der Waals surface area contributed by atoms with Gasteiger partial charge < -0.3 is 56.0 Å². The molecule has 54 heavy (non-hydrogen) atoms. The molecule has 25 nitrogen and oxygen atoms in total. The monoisotopic (exact) mass is 853 g/mol. The lowest BCUT2D eigenvalue weighted by Crippen LogP contribution is -2.46. The predicted octanol–water partition coefficient (Wildman–Crippen LogP) is -1.02. The second kappa shape index (κ2) is 19.8. The van der Waals surface area contributed by atoms with Gasteiger partial charge >= 0.3 is 29.4 Å². The number of fused-ring (bicyclic) bond motifs is 1. The first-order chi connectivity index (χ1) is 24.8. The van der Waals surface area contributed by atoms with Crippen LogP contribution in [-0.2, 0) is 50.7 Å². The number of rotatable bonds is 19. The van der Waals surface area contributed by atoms with Crippen LogP contribution < -0.4 is 16.4 Å². The molecule has 29 heteroatoms. The van der Waals surface area contributed by atoms with Crippen LogP contribution in [0.4, 0.5) is 5.82 Å². The van der Waals surface area contributed by atoms with Gasteiger partial charge in [0.15, 0.2) is 17.7 Å². The van der Waals surface area contributed by atoms with E-state index in [1.165, 1.54) is 20.8 Å². The van der Waals surface area contributed by atoms with Gasteiger partial charge in [0.05, 0.1) is 19.5 Å². The number of ether oxygens (including phenoxy) is 1. The molecule has 2 unspecified atom stereocenters. The number of aliphatic hydroxyl groups excluding tert-OH is 2. The van der Waals surface area contributed by atoms with E-state index in [0.29, 0.717) is 12.3 Å². The van der Waals surface area contributed by atoms with Gasteiger partial charge in [-0.2, -0.15) is 16.9 Å². The molecule has 0 aliphatic carbocycles. The molecule has 7 atom stereocenters. The van der Waals surface area contributed by atoms with Crippen LogP contribution in [0.25, 0.3) is 11.2 Å². The minimum atomic E-state index is -5.54. The zero-order valence-electron chi connectivity index (χ0n) is 28.8. The van der Waals surface area contributed by atoms with E-state index in [1.807, 2.05) is 0 Å². The Morgan fingerprint density at radius 3 is 2.28 bits per heavy atom. The third-order valence-corrected chi connectivity index (χ3v) is 10.2. The molecule has 0 bridgehead atoms. The summed E-state index contributed by atoms with van der Waals surface area (Å²) in [7, 11) is -16.3. The number of nitrogen functional groups attached to an aromatic ring is 1. The van der Waals surface area contributed by atoms with Gasteiger partial charge in [-0.3, -0.25) is 27.7 Å². The molecule has 2 aromatic rings. The number of thiol groups is 1. The standard InChI is InChI=1S/C21H36N7O16P3S.C4H6O2/c1-21(2,16(31)19(32)24-4-3-12(29)23-5-6-48)8-41-47(38,39)44-46(36,37)40-7-11-15(43-45(33,34)35)14(30)20(42-11)28-10-27-13-17(22)25-9-26-18(13)28;1-3(2)4(5)6/h9-11,14-16,20,30-31,48H,3-8H2,1-2H3,(H,23,29)(H,24,32)(H,36,37)(H,38,39)(H2,22,25,26)(H2,33,34,35);1H2,2H3,(H,5,6)/t11-,14-,15-,16+,20-;/m1./s1. The fourth-order valence-corrected chi connectivity index (χ4v) is 7.08. The van der Waals surface area contributed by atoms with Crippen molar-refractivity contribution in [2.24, 2.45) is 5.41 Å². The van der Waals surface area contributed by atoms with Crippen LogP contribution in [0.1, 0.15) is 33.4 Å². The molecular weight excluding hydrogens is 811 g/mol. The van der Waals surface area contributed by atoms with E-state index in [4.69, 9.17) is 24.6 Å². The van der Waals surface area contributed by atoms with E-state index in [0.717, 1.165) is 17.2 Å². The molecular formula is C25H42N7O18P3S. The van der Waals surface area contributed by atoms with E-state index < -0.39 is 84.6 Å². The number of aliphatic hydroxyl groups is 2. The number of nitrogens with one attached hydrogen (secondary N) is 2. The van der Waals surface area contributed by atoms with Crippen molar-refractivity contribution < 1.29 is 85.6 Å². The maximum Gasteiger partial charge on any atom is 0.481 e. The Bertz CT molecular complexity index is 1780. The molecule has 3 heterocycles. The van der Waals surface area contributed by atoms with Gasteiger partial charge in [0.2, 0.25) is 11.8 Å². The number of aliphatic carboxylic acids is 1. The number of carbonyl (C=O) groups is 3. The Kier molecular flexibility index (Phi) is 17.3. The number of amides is 2. The molecule has 1 fully saturated rings. The quantitative estimate of drug-likeness (QED) is 0.0458. The minimum absolute atomic E-state index is 0.0363. The van der Waals surface area contributed by atoms with E-state index >= 15 is 0 Å². The van der Waals surface area contributed by atoms with Crippen LogP contribution >= 0.6 is 36.1 Å². The van der Waals surface area contributed by atoms with Crippen LogP contribution in [-0.4, -0.2) is 129 Å². The van der Waals surface area contributed by atoms with Crippen LogP contribution in [0.15, 0.2) is 24.8 Å². The first-order valence-corrected chi connectivity index (χ1v) is 20.3. The topological polar surface area (TPSA) is 384 Å². The fourth-order valence-electron chi connectivity index (χ4n) is 4.14. The molecule has 306 valence electrons. The van der Waals surface area contributed by atoms with Crippen LogP contribution in [0, 0.1) is 5.41 Å². The number of carboxylic acids is 1. The summed E-state index contributed by atoms with van der Waals surface area (Å²) in [6, 6.07) is 0. The third kappa shape index (κ3) is 14.6. The number of carboxylic acid groups (broad SMARTS) is 1. The van der Waals surface area contributed by atoms with Crippen molar-refractivity contribution in [2.45, 2.75) is 57.8 Å². The normalized spacial score (nSPS) is 21.6. The van der Waals surface area contributed by atoms with Crippen molar-refractivity contribution in [3.63, 3.8) is 0 Å². The zero-order chi connectivity index (χ0) is 41.2. The van der Waals surface area contributed by atoms with Gasteiger partial charge in [-0.25, -0.2) is 33.4 Å². The average Bonchev–Trinajstić information content (AvgIpc) is 3.61. The first kappa shape index (κ1) is 47.3. The number of imidazole rings is 1. The SMILES string of the molecule is C=C(C)C(=O)O.CC(C)(COP(=O)(O)OP(=O)(O)OC[C@H]1O[C@@H](n2cnc3c(N)ncnc32)[C@H](O)[C@@H]1OP(=O)(O)O)[C@@H](O)C(=O)NCCC(=O)NCCS. The maximum atomic E-state index is 12.6. The highest BCUT2D eigenvalue weighted by molar-refractivity contribution is 7.80. The third-order valence-electron chi connectivity index (χ3n) is 6.88. The summed E-state index contributed by atoms with van der Waals surface area (Å²) in [6.07, 6.45) is -6.74. The number of anilines is 1. The Labute approximate surface area is 312 Å². The van der Waals surface area contributed by atoms with E-state index in [-0.39, 0.29) is 41.4 Å². The fraction of sp³-hybridized carbons (Fsp3) is 0.600. The molecule has 0 spiro atoms. The van der Waals surface area contributed by atoms with Crippen molar-refractivity contribution in [2.75, 3.05) is 37.8 Å². The molecule has 0 radical (unpaired) electrons. The number of carbonyl (C=O) groups excluding carboxylic acids is 2. The Balaban J connectivity index is 0.00000155. The lowest BCUT2D eigenvalue weighted by Gasteiger charge is -2.30. The number of hydrogen-bond acceptors (Lipinski definition) is 18. The lowest BCUT2D eigenvalue weighted by atomic mass is 9.87.